The zero-order chi connectivity index (χ0) is 18.1. The van der Waals surface area contributed by atoms with Crippen LogP contribution in [0.2, 0.25) is 0 Å². The van der Waals surface area contributed by atoms with Crippen molar-refractivity contribution in [1.29, 1.82) is 0 Å². The first-order chi connectivity index (χ1) is 13.4. The number of hydrogen-bond donors (Lipinski definition) is 1. The molecule has 0 unspecified atom stereocenters. The van der Waals surface area contributed by atoms with E-state index in [0.717, 1.165) is 30.8 Å². The number of benzene rings is 3. The van der Waals surface area contributed by atoms with E-state index in [-0.39, 0.29) is 0 Å². The maximum atomic E-state index is 4.82. The summed E-state index contributed by atoms with van der Waals surface area (Å²) >= 11 is 0. The highest BCUT2D eigenvalue weighted by Gasteiger charge is 2.25. The molecule has 0 saturated heterocycles. The zero-order valence-corrected chi connectivity index (χ0v) is 15.1. The molecule has 27 heavy (non-hydrogen) atoms. The highest BCUT2D eigenvalue weighted by molar-refractivity contribution is 6.13. The summed E-state index contributed by atoms with van der Waals surface area (Å²) in [7, 11) is 0. The van der Waals surface area contributed by atoms with Crippen molar-refractivity contribution in [3.8, 4) is 11.1 Å². The molecule has 0 saturated carbocycles. The lowest BCUT2D eigenvalue weighted by molar-refractivity contribution is 0.649. The van der Waals surface area contributed by atoms with Crippen LogP contribution in [-0.4, -0.2) is 10.3 Å². The predicted molar refractivity (Wildman–Crippen MR) is 113 cm³/mol. The number of hydrogen-bond acceptors (Lipinski definition) is 2. The number of nitrogens with one attached hydrogen (secondary N) is 1. The molecule has 0 bridgehead atoms. The summed E-state index contributed by atoms with van der Waals surface area (Å²) in [5.41, 5.74) is 10.5. The maximum Gasteiger partial charge on any atom is 0.0850 e. The fourth-order valence-electron chi connectivity index (χ4n) is 4.01. The first kappa shape index (κ1) is 15.9. The minimum Gasteiger partial charge on any atom is -0.339 e. The molecule has 132 valence electrons. The Labute approximate surface area is 159 Å². The van der Waals surface area contributed by atoms with Gasteiger partial charge in [-0.3, -0.25) is 5.43 Å². The molecular weight excluding hydrogens is 330 g/mol. The monoisotopic (exact) mass is 351 g/mol. The summed E-state index contributed by atoms with van der Waals surface area (Å²) in [5.74, 6) is 0. The molecule has 3 aromatic carbocycles. The van der Waals surface area contributed by atoms with Crippen molar-refractivity contribution in [2.45, 2.75) is 19.4 Å². The predicted octanol–water partition coefficient (Wildman–Crippen LogP) is 5.92. The van der Waals surface area contributed by atoms with Gasteiger partial charge in [-0.1, -0.05) is 66.7 Å². The van der Waals surface area contributed by atoms with Crippen molar-refractivity contribution in [2.75, 3.05) is 5.43 Å². The number of aromatic nitrogens is 1. The molecule has 5 rings (SSSR count). The van der Waals surface area contributed by atoms with Crippen LogP contribution in [-0.2, 0) is 6.54 Å². The molecule has 0 fully saturated rings. The van der Waals surface area contributed by atoms with Crippen LogP contribution in [0.3, 0.4) is 0 Å². The van der Waals surface area contributed by atoms with E-state index in [2.05, 4.69) is 64.6 Å². The minimum atomic E-state index is 0.982. The van der Waals surface area contributed by atoms with E-state index in [1.807, 2.05) is 30.3 Å². The Hall–Kier alpha value is -3.33. The topological polar surface area (TPSA) is 29.3 Å². The number of rotatable bonds is 3. The Morgan fingerprint density at radius 2 is 1.48 bits per heavy atom. The van der Waals surface area contributed by atoms with Crippen LogP contribution in [0.15, 0.2) is 90.0 Å². The van der Waals surface area contributed by atoms with Gasteiger partial charge in [-0.05, 0) is 36.6 Å². The second-order valence-electron chi connectivity index (χ2n) is 6.90. The number of fused-ring (bicyclic) bond motifs is 3. The number of aryl methyl sites for hydroxylation is 1. The van der Waals surface area contributed by atoms with Gasteiger partial charge in [0.1, 0.15) is 0 Å². The van der Waals surface area contributed by atoms with Crippen molar-refractivity contribution in [3.63, 3.8) is 0 Å². The summed E-state index contributed by atoms with van der Waals surface area (Å²) in [6, 6.07) is 29.5. The lowest BCUT2D eigenvalue weighted by Gasteiger charge is -2.20. The number of nitrogens with zero attached hydrogens (tertiary/aromatic N) is 2. The first-order valence-electron chi connectivity index (χ1n) is 9.46. The Morgan fingerprint density at radius 3 is 2.30 bits per heavy atom. The Morgan fingerprint density at radius 1 is 0.778 bits per heavy atom. The lowest BCUT2D eigenvalue weighted by atomic mass is 9.97. The summed E-state index contributed by atoms with van der Waals surface area (Å²) in [6.07, 6.45) is 2.09. The van der Waals surface area contributed by atoms with Gasteiger partial charge in [0.15, 0.2) is 0 Å². The highest BCUT2D eigenvalue weighted by Crippen LogP contribution is 2.38. The third kappa shape index (κ3) is 2.81. The van der Waals surface area contributed by atoms with E-state index >= 15 is 0 Å². The van der Waals surface area contributed by atoms with Crippen molar-refractivity contribution in [3.05, 3.63) is 90.6 Å². The highest BCUT2D eigenvalue weighted by atomic mass is 15.3. The maximum absolute atomic E-state index is 4.82. The molecule has 0 radical (unpaired) electrons. The Balaban J connectivity index is 1.71. The summed E-state index contributed by atoms with van der Waals surface area (Å²) in [4.78, 5) is 0. The number of anilines is 1. The van der Waals surface area contributed by atoms with Crippen LogP contribution >= 0.6 is 0 Å². The van der Waals surface area contributed by atoms with Crippen LogP contribution in [0, 0.1) is 0 Å². The largest absolute Gasteiger partial charge is 0.339 e. The fraction of sp³-hybridized carbons (Fsp3) is 0.125. The Bertz CT molecular complexity index is 1110. The van der Waals surface area contributed by atoms with Crippen LogP contribution < -0.4 is 5.43 Å². The molecule has 0 spiro atoms. The molecule has 1 N–H and O–H groups in total. The molecule has 1 aliphatic rings. The van der Waals surface area contributed by atoms with Crippen LogP contribution in [0.25, 0.3) is 22.0 Å². The molecule has 0 aliphatic carbocycles. The third-order valence-electron chi connectivity index (χ3n) is 5.20. The van der Waals surface area contributed by atoms with Crippen molar-refractivity contribution >= 4 is 22.3 Å². The zero-order valence-electron chi connectivity index (χ0n) is 15.1. The minimum absolute atomic E-state index is 0.982. The van der Waals surface area contributed by atoms with E-state index in [1.165, 1.54) is 27.7 Å². The van der Waals surface area contributed by atoms with E-state index in [9.17, 15) is 0 Å². The normalized spacial score (nSPS) is 15.0. The molecule has 3 nitrogen and oxygen atoms in total. The van der Waals surface area contributed by atoms with Gasteiger partial charge in [0, 0.05) is 23.0 Å². The van der Waals surface area contributed by atoms with Crippen molar-refractivity contribution < 1.29 is 0 Å². The van der Waals surface area contributed by atoms with Gasteiger partial charge in [-0.2, -0.15) is 5.10 Å². The third-order valence-corrected chi connectivity index (χ3v) is 5.20. The molecule has 4 aromatic rings. The quantitative estimate of drug-likeness (QED) is 0.456. The van der Waals surface area contributed by atoms with Crippen molar-refractivity contribution in [2.24, 2.45) is 5.10 Å². The van der Waals surface area contributed by atoms with Gasteiger partial charge in [-0.15, -0.1) is 0 Å². The molecule has 1 aromatic heterocycles. The molecule has 0 atom stereocenters. The average Bonchev–Trinajstić information content (AvgIpc) is 3.09. The second kappa shape index (κ2) is 6.76. The fourth-order valence-corrected chi connectivity index (χ4v) is 4.01. The summed E-state index contributed by atoms with van der Waals surface area (Å²) in [6.45, 7) is 1.03. The van der Waals surface area contributed by atoms with Crippen LogP contribution in [0.1, 0.15) is 18.5 Å². The molecular formula is C24H21N3. The van der Waals surface area contributed by atoms with Gasteiger partial charge in [-0.25, -0.2) is 0 Å². The SMILES string of the molecule is c1ccc(N/N=C2\CCCn3c2c(-c2ccccc2)c2ccccc23)cc1. The van der Waals surface area contributed by atoms with Gasteiger partial charge < -0.3 is 4.57 Å². The van der Waals surface area contributed by atoms with Crippen LogP contribution in [0.5, 0.6) is 0 Å². The van der Waals surface area contributed by atoms with Gasteiger partial charge in [0.25, 0.3) is 0 Å². The first-order valence-corrected chi connectivity index (χ1v) is 9.46. The summed E-state index contributed by atoms with van der Waals surface area (Å²) < 4.78 is 2.44. The summed E-state index contributed by atoms with van der Waals surface area (Å²) in [5, 5.41) is 6.12. The standard InChI is InChI=1S/C24H21N3/c1-3-10-18(11-4-1)23-20-14-7-8-16-22(20)27-17-9-15-21(24(23)27)26-25-19-12-5-2-6-13-19/h1-8,10-14,16,25H,9,15,17H2/b26-21+. The average molecular weight is 351 g/mol. The van der Waals surface area contributed by atoms with E-state index in [0.29, 0.717) is 0 Å². The van der Waals surface area contributed by atoms with Gasteiger partial charge in [0.05, 0.1) is 17.1 Å². The van der Waals surface area contributed by atoms with Gasteiger partial charge in [0.2, 0.25) is 0 Å². The number of hydrazone groups is 1. The molecule has 3 heteroatoms. The van der Waals surface area contributed by atoms with Gasteiger partial charge >= 0.3 is 0 Å². The smallest absolute Gasteiger partial charge is 0.0850 e. The van der Waals surface area contributed by atoms with Crippen molar-refractivity contribution in [1.82, 2.24) is 4.57 Å². The van der Waals surface area contributed by atoms with E-state index in [4.69, 9.17) is 5.10 Å². The van der Waals surface area contributed by atoms with E-state index in [1.54, 1.807) is 0 Å². The molecule has 1 aliphatic heterocycles. The van der Waals surface area contributed by atoms with Crippen LogP contribution in [0.4, 0.5) is 5.69 Å². The Kier molecular flexibility index (Phi) is 3.98. The molecule has 0 amide bonds. The lowest BCUT2D eigenvalue weighted by Crippen LogP contribution is -2.19. The second-order valence-corrected chi connectivity index (χ2v) is 6.90. The number of para-hydroxylation sites is 2. The molecule has 2 heterocycles. The van der Waals surface area contributed by atoms with E-state index < -0.39 is 0 Å².